The molecule has 0 bridgehead atoms. The monoisotopic (exact) mass is 603 g/mol. The minimum Gasteiger partial charge on any atom is -0.406 e. The highest BCUT2D eigenvalue weighted by atomic mass is 35.5. The van der Waals surface area contributed by atoms with Gasteiger partial charge in [0.25, 0.3) is 0 Å². The third kappa shape index (κ3) is 7.05. The van der Waals surface area contributed by atoms with E-state index in [4.69, 9.17) is 5.26 Å². The Bertz CT molecular complexity index is 1700. The number of halogens is 6. The largest absolute Gasteiger partial charge is 0.573 e. The molecule has 42 heavy (non-hydrogen) atoms. The topological polar surface area (TPSA) is 83.2 Å². The van der Waals surface area contributed by atoms with Crippen molar-refractivity contribution in [2.45, 2.75) is 25.9 Å². The second kappa shape index (κ2) is 12.6. The van der Waals surface area contributed by atoms with Crippen LogP contribution in [0.2, 0.25) is 0 Å². The summed E-state index contributed by atoms with van der Waals surface area (Å²) in [5.74, 6) is -1.68. The highest BCUT2D eigenvalue weighted by Crippen LogP contribution is 2.34. The van der Waals surface area contributed by atoms with Crippen LogP contribution in [0.3, 0.4) is 0 Å². The number of benzene rings is 2. The van der Waals surface area contributed by atoms with E-state index in [1.807, 2.05) is 12.1 Å². The van der Waals surface area contributed by atoms with E-state index in [2.05, 4.69) is 19.9 Å². The van der Waals surface area contributed by atoms with Gasteiger partial charge in [-0.2, -0.15) is 9.65 Å². The Balaban J connectivity index is 0.00000405. The lowest BCUT2D eigenvalue weighted by molar-refractivity contribution is -0.274. The van der Waals surface area contributed by atoms with Crippen LogP contribution in [0.25, 0.3) is 17.0 Å². The second-order valence-corrected chi connectivity index (χ2v) is 9.41. The number of carbonyl (C=O) groups excluding carboxylic acids is 1. The number of nitrogens with one attached hydrogen (secondary N) is 1. The number of hydrogen-bond acceptors (Lipinski definition) is 5. The molecular weight excluding hydrogens is 581 g/mol. The Morgan fingerprint density at radius 2 is 1.95 bits per heavy atom. The van der Waals surface area contributed by atoms with Gasteiger partial charge >= 0.3 is 12.4 Å². The summed E-state index contributed by atoms with van der Waals surface area (Å²) < 4.78 is 71.5. The van der Waals surface area contributed by atoms with Crippen LogP contribution in [0, 0.1) is 23.1 Å². The third-order valence-electron chi connectivity index (χ3n) is 6.59. The van der Waals surface area contributed by atoms with E-state index in [-0.39, 0.29) is 30.0 Å². The van der Waals surface area contributed by atoms with Crippen LogP contribution >= 0.6 is 12.4 Å². The summed E-state index contributed by atoms with van der Waals surface area (Å²) in [5.41, 5.74) is 2.89. The summed E-state index contributed by atoms with van der Waals surface area (Å²) in [4.78, 5) is 18.9. The molecule has 2 aromatic carbocycles. The molecule has 7 nitrogen and oxygen atoms in total. The first-order chi connectivity index (χ1) is 19.6. The molecule has 0 spiro atoms. The molecular formula is C29H23ClF5N5O2. The van der Waals surface area contributed by atoms with Crippen LogP contribution in [-0.2, 0) is 19.5 Å². The first kappa shape index (κ1) is 30.5. The van der Waals surface area contributed by atoms with E-state index in [9.17, 15) is 26.7 Å². The lowest BCUT2D eigenvalue weighted by Crippen LogP contribution is -2.34. The number of ether oxygens (including phenoxy) is 1. The van der Waals surface area contributed by atoms with Crippen molar-refractivity contribution in [2.75, 3.05) is 13.1 Å². The Morgan fingerprint density at radius 3 is 2.69 bits per heavy atom. The number of alkyl halides is 3. The average molecular weight is 604 g/mol. The van der Waals surface area contributed by atoms with Gasteiger partial charge in [0.2, 0.25) is 5.95 Å². The predicted octanol–water partition coefficient (Wildman–Crippen LogP) is 6.34. The van der Waals surface area contributed by atoms with Gasteiger partial charge < -0.3 is 10.1 Å². The van der Waals surface area contributed by atoms with Gasteiger partial charge in [0.15, 0.2) is 0 Å². The van der Waals surface area contributed by atoms with Crippen LogP contribution in [-0.4, -0.2) is 39.9 Å². The van der Waals surface area contributed by atoms with Crippen molar-refractivity contribution in [3.8, 4) is 11.8 Å². The van der Waals surface area contributed by atoms with Gasteiger partial charge in [0.05, 0.1) is 17.1 Å². The Kier molecular flexibility index (Phi) is 9.14. The normalized spacial score (nSPS) is 13.4. The number of fused-ring (bicyclic) bond motifs is 3. The first-order valence-corrected chi connectivity index (χ1v) is 12.5. The highest BCUT2D eigenvalue weighted by Gasteiger charge is 2.32. The van der Waals surface area contributed by atoms with Crippen molar-refractivity contribution in [3.63, 3.8) is 0 Å². The standard InChI is InChI=1S/C29H22F5N5O2.ClH/c30-21-11-18(10-20(12-21)15-35)2-1-8-38-9-6-25-24(17-38)23-4-3-22(41-29(32,33)34)14-26(23)39(25)28(40)37-16-19-5-7-36-27(31)13-19;/h1-5,7,10-14H,6,8-9,16-17H2,(H,37,40);1H/b2-1+;. The molecule has 2 aromatic heterocycles. The summed E-state index contributed by atoms with van der Waals surface area (Å²) in [7, 11) is 0. The zero-order valence-electron chi connectivity index (χ0n) is 21.8. The molecule has 0 saturated heterocycles. The van der Waals surface area contributed by atoms with Crippen LogP contribution in [0.5, 0.6) is 5.75 Å². The zero-order valence-corrected chi connectivity index (χ0v) is 22.6. The number of amides is 1. The number of pyridine rings is 1. The van der Waals surface area contributed by atoms with Crippen LogP contribution < -0.4 is 10.1 Å². The summed E-state index contributed by atoms with van der Waals surface area (Å²) in [6.07, 6.45) is 0.319. The molecule has 1 N–H and O–H groups in total. The van der Waals surface area contributed by atoms with Gasteiger partial charge in [-0.1, -0.05) is 12.2 Å². The fourth-order valence-corrected chi connectivity index (χ4v) is 4.90. The maximum absolute atomic E-state index is 13.7. The summed E-state index contributed by atoms with van der Waals surface area (Å²) in [5, 5.41) is 12.4. The van der Waals surface area contributed by atoms with Gasteiger partial charge in [-0.3, -0.25) is 9.47 Å². The van der Waals surface area contributed by atoms with E-state index in [1.54, 1.807) is 12.1 Å². The molecule has 218 valence electrons. The Hall–Kier alpha value is -4.47. The molecule has 3 heterocycles. The van der Waals surface area contributed by atoms with Crippen LogP contribution in [0.1, 0.15) is 27.9 Å². The quantitative estimate of drug-likeness (QED) is 0.206. The number of hydrogen-bond donors (Lipinski definition) is 1. The number of nitriles is 1. The number of rotatable bonds is 6. The second-order valence-electron chi connectivity index (χ2n) is 9.41. The molecule has 1 amide bonds. The van der Waals surface area contributed by atoms with Crippen molar-refractivity contribution in [3.05, 3.63) is 101 Å². The summed E-state index contributed by atoms with van der Waals surface area (Å²) in [6, 6.07) is 12.0. The van der Waals surface area contributed by atoms with Crippen molar-refractivity contribution in [1.82, 2.24) is 19.8 Å². The van der Waals surface area contributed by atoms with E-state index >= 15 is 0 Å². The SMILES string of the molecule is Cl.N#Cc1cc(F)cc(/C=C/CN2CCc3c(c4ccc(OC(F)(F)F)cc4n3C(=O)NCc3ccnc(F)c3)C2)c1. The molecule has 1 aliphatic rings. The van der Waals surface area contributed by atoms with E-state index in [0.29, 0.717) is 48.3 Å². The smallest absolute Gasteiger partial charge is 0.406 e. The predicted molar refractivity (Wildman–Crippen MR) is 147 cm³/mol. The van der Waals surface area contributed by atoms with Crippen molar-refractivity contribution >= 4 is 35.4 Å². The van der Waals surface area contributed by atoms with Gasteiger partial charge in [0.1, 0.15) is 11.6 Å². The van der Waals surface area contributed by atoms with Gasteiger partial charge in [-0.15, -0.1) is 25.6 Å². The summed E-state index contributed by atoms with van der Waals surface area (Å²) in [6.45, 7) is 1.39. The molecule has 0 radical (unpaired) electrons. The van der Waals surface area contributed by atoms with Crippen molar-refractivity contribution in [2.24, 2.45) is 0 Å². The van der Waals surface area contributed by atoms with Gasteiger partial charge in [-0.05, 0) is 59.2 Å². The average Bonchev–Trinajstić information content (AvgIpc) is 3.23. The molecule has 0 aliphatic carbocycles. The molecule has 1 aliphatic heterocycles. The van der Waals surface area contributed by atoms with Crippen LogP contribution in [0.15, 0.2) is 60.8 Å². The van der Waals surface area contributed by atoms with Crippen molar-refractivity contribution in [1.29, 1.82) is 5.26 Å². The molecule has 5 rings (SSSR count). The fraction of sp³-hybridized carbons (Fsp3) is 0.207. The Labute approximate surface area is 243 Å². The van der Waals surface area contributed by atoms with Crippen molar-refractivity contribution < 1.29 is 31.5 Å². The van der Waals surface area contributed by atoms with E-state index < -0.39 is 29.9 Å². The molecule has 13 heteroatoms. The van der Waals surface area contributed by atoms with E-state index in [1.165, 1.54) is 47.2 Å². The maximum atomic E-state index is 13.7. The fourth-order valence-electron chi connectivity index (χ4n) is 4.90. The summed E-state index contributed by atoms with van der Waals surface area (Å²) >= 11 is 0. The van der Waals surface area contributed by atoms with Gasteiger partial charge in [-0.25, -0.2) is 14.2 Å². The lowest BCUT2D eigenvalue weighted by atomic mass is 10.0. The number of nitrogens with zero attached hydrogens (tertiary/aromatic N) is 4. The van der Waals surface area contributed by atoms with Gasteiger partial charge in [0, 0.05) is 55.9 Å². The zero-order chi connectivity index (χ0) is 29.1. The maximum Gasteiger partial charge on any atom is 0.573 e. The minimum atomic E-state index is -4.91. The Morgan fingerprint density at radius 1 is 1.14 bits per heavy atom. The highest BCUT2D eigenvalue weighted by molar-refractivity contribution is 5.96. The molecule has 0 fully saturated rings. The number of aromatic nitrogens is 2. The van der Waals surface area contributed by atoms with Crippen LogP contribution in [0.4, 0.5) is 26.7 Å². The first-order valence-electron chi connectivity index (χ1n) is 12.5. The lowest BCUT2D eigenvalue weighted by Gasteiger charge is -2.27. The molecule has 0 saturated carbocycles. The molecule has 0 unspecified atom stereocenters. The molecule has 0 atom stereocenters. The third-order valence-corrected chi connectivity index (χ3v) is 6.59. The molecule has 4 aromatic rings. The van der Waals surface area contributed by atoms with E-state index in [0.717, 1.165) is 11.6 Å². The minimum absolute atomic E-state index is 0. The number of carbonyl (C=O) groups is 1.